The first-order chi connectivity index (χ1) is 13.9. The molecule has 8 nitrogen and oxygen atoms in total. The second-order valence-corrected chi connectivity index (χ2v) is 8.72. The Morgan fingerprint density at radius 2 is 1.97 bits per heavy atom. The first-order valence-corrected chi connectivity index (χ1v) is 10.7. The zero-order chi connectivity index (χ0) is 20.4. The van der Waals surface area contributed by atoms with Crippen LogP contribution in [0, 0.1) is 0 Å². The molecule has 29 heavy (non-hydrogen) atoms. The number of primary amides is 1. The number of fused-ring (bicyclic) bond motifs is 1. The molecule has 3 heterocycles. The number of hydrogen-bond donors (Lipinski definition) is 1. The molecular weight excluding hydrogens is 392 g/mol. The molecule has 3 aromatic rings. The number of rotatable bonds is 5. The zero-order valence-electron chi connectivity index (χ0n) is 15.6. The van der Waals surface area contributed by atoms with E-state index in [0.29, 0.717) is 30.7 Å². The molecule has 0 aliphatic carbocycles. The van der Waals surface area contributed by atoms with Crippen LogP contribution in [0.25, 0.3) is 10.9 Å². The Kier molecular flexibility index (Phi) is 5.16. The van der Waals surface area contributed by atoms with Gasteiger partial charge >= 0.3 is 0 Å². The van der Waals surface area contributed by atoms with Crippen LogP contribution in [0.15, 0.2) is 59.8 Å². The molecule has 9 heteroatoms. The van der Waals surface area contributed by atoms with E-state index in [1.807, 2.05) is 12.1 Å². The monoisotopic (exact) mass is 412 g/mol. The number of aromatic nitrogens is 2. The van der Waals surface area contributed by atoms with Crippen LogP contribution in [0.5, 0.6) is 5.75 Å². The van der Waals surface area contributed by atoms with E-state index in [2.05, 4.69) is 9.97 Å². The van der Waals surface area contributed by atoms with Gasteiger partial charge in [0.05, 0.1) is 12.1 Å². The number of pyridine rings is 2. The minimum Gasteiger partial charge on any atom is -0.489 e. The van der Waals surface area contributed by atoms with E-state index in [1.165, 1.54) is 16.6 Å². The lowest BCUT2D eigenvalue weighted by Gasteiger charge is -2.32. The zero-order valence-corrected chi connectivity index (χ0v) is 16.4. The number of nitrogens with zero attached hydrogens (tertiary/aromatic N) is 3. The molecule has 1 saturated heterocycles. The van der Waals surface area contributed by atoms with Gasteiger partial charge in [-0.2, -0.15) is 4.31 Å². The third-order valence-corrected chi connectivity index (χ3v) is 6.74. The van der Waals surface area contributed by atoms with Gasteiger partial charge in [-0.1, -0.05) is 18.2 Å². The van der Waals surface area contributed by atoms with Gasteiger partial charge in [-0.15, -0.1) is 0 Å². The van der Waals surface area contributed by atoms with Crippen molar-refractivity contribution in [1.82, 2.24) is 14.3 Å². The Balaban J connectivity index is 1.57. The number of para-hydroxylation sites is 1. The lowest BCUT2D eigenvalue weighted by molar-refractivity contribution is 0.0993. The molecule has 4 rings (SSSR count). The van der Waals surface area contributed by atoms with Gasteiger partial charge in [0.2, 0.25) is 10.0 Å². The highest BCUT2D eigenvalue weighted by molar-refractivity contribution is 7.89. The van der Waals surface area contributed by atoms with Crippen molar-refractivity contribution < 1.29 is 17.9 Å². The quantitative estimate of drug-likeness (QED) is 0.685. The van der Waals surface area contributed by atoms with E-state index in [9.17, 15) is 13.2 Å². The Morgan fingerprint density at radius 1 is 1.14 bits per heavy atom. The van der Waals surface area contributed by atoms with Gasteiger partial charge in [-0.25, -0.2) is 8.42 Å². The fraction of sp³-hybridized carbons (Fsp3) is 0.250. The van der Waals surface area contributed by atoms with E-state index in [0.717, 1.165) is 5.39 Å². The number of piperidine rings is 1. The van der Waals surface area contributed by atoms with Crippen molar-refractivity contribution in [3.05, 3.63) is 60.6 Å². The van der Waals surface area contributed by atoms with E-state index < -0.39 is 15.9 Å². The molecule has 2 aromatic heterocycles. The van der Waals surface area contributed by atoms with Crippen molar-refractivity contribution in [3.8, 4) is 5.75 Å². The van der Waals surface area contributed by atoms with Crippen molar-refractivity contribution >= 4 is 26.8 Å². The molecule has 1 aliphatic rings. The minimum absolute atomic E-state index is 0.101. The SMILES string of the molecule is NC(=O)c1cc(OC2CCCN(S(=O)(=O)c3cccc4cccnc34)C2)ccn1. The molecule has 2 N–H and O–H groups in total. The highest BCUT2D eigenvalue weighted by Crippen LogP contribution is 2.27. The van der Waals surface area contributed by atoms with Crippen LogP contribution in [0.2, 0.25) is 0 Å². The molecule has 1 unspecified atom stereocenters. The largest absolute Gasteiger partial charge is 0.489 e. The predicted molar refractivity (Wildman–Crippen MR) is 107 cm³/mol. The van der Waals surface area contributed by atoms with Crippen molar-refractivity contribution in [1.29, 1.82) is 0 Å². The van der Waals surface area contributed by atoms with Crippen molar-refractivity contribution in [3.63, 3.8) is 0 Å². The van der Waals surface area contributed by atoms with Gasteiger partial charge in [0, 0.05) is 30.4 Å². The highest BCUT2D eigenvalue weighted by atomic mass is 32.2. The number of amides is 1. The van der Waals surface area contributed by atoms with Crippen LogP contribution in [0.3, 0.4) is 0 Å². The Hall–Kier alpha value is -3.04. The molecule has 0 spiro atoms. The summed E-state index contributed by atoms with van der Waals surface area (Å²) >= 11 is 0. The smallest absolute Gasteiger partial charge is 0.267 e. The fourth-order valence-corrected chi connectivity index (χ4v) is 5.13. The topological polar surface area (TPSA) is 115 Å². The van der Waals surface area contributed by atoms with Crippen molar-refractivity contribution in [2.45, 2.75) is 23.8 Å². The minimum atomic E-state index is -3.73. The normalized spacial score (nSPS) is 17.9. The number of ether oxygens (including phenoxy) is 1. The van der Waals surface area contributed by atoms with Gasteiger partial charge in [-0.3, -0.25) is 14.8 Å². The molecule has 1 aromatic carbocycles. The van der Waals surface area contributed by atoms with Gasteiger partial charge in [0.1, 0.15) is 22.4 Å². The molecule has 1 amide bonds. The average molecular weight is 412 g/mol. The number of nitrogens with two attached hydrogens (primary N) is 1. The summed E-state index contributed by atoms with van der Waals surface area (Å²) in [5.74, 6) is -0.211. The first-order valence-electron chi connectivity index (χ1n) is 9.21. The molecule has 0 radical (unpaired) electrons. The third-order valence-electron chi connectivity index (χ3n) is 4.84. The number of carbonyl (C=O) groups is 1. The first kappa shape index (κ1) is 19.3. The Morgan fingerprint density at radius 3 is 2.79 bits per heavy atom. The lowest BCUT2D eigenvalue weighted by Crippen LogP contribution is -2.44. The van der Waals surface area contributed by atoms with Crippen LogP contribution in [-0.4, -0.2) is 47.8 Å². The van der Waals surface area contributed by atoms with E-state index >= 15 is 0 Å². The summed E-state index contributed by atoms with van der Waals surface area (Å²) in [6.07, 6.45) is 4.05. The summed E-state index contributed by atoms with van der Waals surface area (Å²) in [4.78, 5) is 19.6. The molecular formula is C20H20N4O4S. The number of carbonyl (C=O) groups excluding carboxylic acids is 1. The summed E-state index contributed by atoms with van der Waals surface area (Å²) in [6, 6.07) is 11.8. The summed E-state index contributed by atoms with van der Waals surface area (Å²) in [5.41, 5.74) is 5.81. The number of hydrogen-bond acceptors (Lipinski definition) is 6. The standard InChI is InChI=1S/C20H20N4O4S/c21-20(25)17-12-15(8-10-22-17)28-16-6-3-11-24(13-16)29(26,27)18-7-1-4-14-5-2-9-23-19(14)18/h1-2,4-5,7-10,12,16H,3,6,11,13H2,(H2,21,25). The van der Waals surface area contributed by atoms with Gasteiger partial charge in [0.25, 0.3) is 5.91 Å². The van der Waals surface area contributed by atoms with Crippen LogP contribution in [0.1, 0.15) is 23.3 Å². The Labute approximate surface area is 168 Å². The summed E-state index contributed by atoms with van der Waals surface area (Å²) < 4.78 is 34.0. The fourth-order valence-electron chi connectivity index (χ4n) is 3.45. The number of sulfonamides is 1. The van der Waals surface area contributed by atoms with Gasteiger partial charge < -0.3 is 10.5 Å². The highest BCUT2D eigenvalue weighted by Gasteiger charge is 2.32. The van der Waals surface area contributed by atoms with Crippen molar-refractivity contribution in [2.75, 3.05) is 13.1 Å². The maximum Gasteiger partial charge on any atom is 0.267 e. The predicted octanol–water partition coefficient (Wildman–Crippen LogP) is 1.96. The molecule has 0 bridgehead atoms. The summed E-state index contributed by atoms with van der Waals surface area (Å²) in [6.45, 7) is 0.619. The lowest BCUT2D eigenvalue weighted by atomic mass is 10.1. The summed E-state index contributed by atoms with van der Waals surface area (Å²) in [7, 11) is -3.73. The van der Waals surface area contributed by atoms with E-state index in [1.54, 1.807) is 30.5 Å². The maximum atomic E-state index is 13.3. The molecule has 1 aliphatic heterocycles. The van der Waals surface area contributed by atoms with Gasteiger partial charge in [0.15, 0.2) is 0 Å². The molecule has 0 saturated carbocycles. The molecule has 1 atom stereocenters. The van der Waals surface area contributed by atoms with Crippen LogP contribution in [-0.2, 0) is 10.0 Å². The van der Waals surface area contributed by atoms with Crippen LogP contribution >= 0.6 is 0 Å². The van der Waals surface area contributed by atoms with Crippen LogP contribution < -0.4 is 10.5 Å². The maximum absolute atomic E-state index is 13.3. The van der Waals surface area contributed by atoms with E-state index in [-0.39, 0.29) is 23.2 Å². The van der Waals surface area contributed by atoms with E-state index in [4.69, 9.17) is 10.5 Å². The molecule has 1 fully saturated rings. The summed E-state index contributed by atoms with van der Waals surface area (Å²) in [5, 5.41) is 0.772. The number of benzene rings is 1. The van der Waals surface area contributed by atoms with Crippen LogP contribution in [0.4, 0.5) is 0 Å². The van der Waals surface area contributed by atoms with Gasteiger partial charge in [-0.05, 0) is 31.0 Å². The third kappa shape index (κ3) is 3.92. The average Bonchev–Trinajstić information content (AvgIpc) is 2.73. The second kappa shape index (κ2) is 7.76. The van der Waals surface area contributed by atoms with Crippen molar-refractivity contribution in [2.24, 2.45) is 5.73 Å². The molecule has 150 valence electrons. The Bertz CT molecular complexity index is 1160. The second-order valence-electron chi connectivity index (χ2n) is 6.82.